The van der Waals surface area contributed by atoms with Gasteiger partial charge in [-0.1, -0.05) is 42.5 Å². The van der Waals surface area contributed by atoms with Crippen molar-refractivity contribution >= 4 is 40.9 Å². The molecule has 1 heterocycles. The summed E-state index contributed by atoms with van der Waals surface area (Å²) < 4.78 is 10.8. The summed E-state index contributed by atoms with van der Waals surface area (Å²) in [6.45, 7) is 0.156. The van der Waals surface area contributed by atoms with Crippen molar-refractivity contribution in [3.63, 3.8) is 0 Å². The van der Waals surface area contributed by atoms with Crippen LogP contribution in [0.4, 0.5) is 11.4 Å². The molecule has 1 aliphatic heterocycles. The minimum absolute atomic E-state index is 0.156. The second-order valence-electron chi connectivity index (χ2n) is 8.97. The van der Waals surface area contributed by atoms with Crippen LogP contribution in [0.2, 0.25) is 0 Å². The van der Waals surface area contributed by atoms with Crippen molar-refractivity contribution in [2.24, 2.45) is 11.8 Å². The summed E-state index contributed by atoms with van der Waals surface area (Å²) >= 11 is 1.39. The third-order valence-electron chi connectivity index (χ3n) is 6.44. The van der Waals surface area contributed by atoms with Crippen LogP contribution < -0.4 is 20.1 Å². The first kappa shape index (κ1) is 25.4. The Kier molecular flexibility index (Phi) is 7.65. The molecule has 0 bridgehead atoms. The lowest BCUT2D eigenvalue weighted by atomic mass is 9.82. The van der Waals surface area contributed by atoms with Gasteiger partial charge in [0.2, 0.25) is 18.6 Å². The van der Waals surface area contributed by atoms with Crippen molar-refractivity contribution in [2.75, 3.05) is 17.4 Å². The first-order chi connectivity index (χ1) is 18.5. The first-order valence-corrected chi connectivity index (χ1v) is 13.1. The number of nitrogens with one attached hydrogen (secondary N) is 2. The van der Waals surface area contributed by atoms with Gasteiger partial charge in [-0.2, -0.15) is 0 Å². The van der Waals surface area contributed by atoms with Gasteiger partial charge in [-0.3, -0.25) is 14.4 Å². The SMILES string of the molecule is O=C(Nc1ccc2c(c1)OCO2)C(Sc1ccc(NC(=O)C2CC=CCC2C(=O)O)cc1)c1ccccc1. The Morgan fingerprint density at radius 1 is 0.816 bits per heavy atom. The number of thioether (sulfide) groups is 1. The molecule has 0 fully saturated rings. The van der Waals surface area contributed by atoms with Crippen LogP contribution in [0.3, 0.4) is 0 Å². The summed E-state index contributed by atoms with van der Waals surface area (Å²) in [5, 5.41) is 14.7. The number of ether oxygens (including phenoxy) is 2. The molecule has 3 aromatic rings. The highest BCUT2D eigenvalue weighted by Crippen LogP contribution is 2.38. The minimum atomic E-state index is -0.966. The van der Waals surface area contributed by atoms with E-state index >= 15 is 0 Å². The molecule has 0 aromatic heterocycles. The van der Waals surface area contributed by atoms with Gasteiger partial charge in [-0.25, -0.2) is 0 Å². The summed E-state index contributed by atoms with van der Waals surface area (Å²) in [7, 11) is 0. The number of rotatable bonds is 8. The smallest absolute Gasteiger partial charge is 0.307 e. The van der Waals surface area contributed by atoms with E-state index in [2.05, 4.69) is 10.6 Å². The molecule has 2 aliphatic rings. The lowest BCUT2D eigenvalue weighted by Crippen LogP contribution is -2.34. The normalized spacial score (nSPS) is 18.4. The molecule has 0 saturated carbocycles. The summed E-state index contributed by atoms with van der Waals surface area (Å²) in [6.07, 6.45) is 4.40. The fraction of sp³-hybridized carbons (Fsp3) is 0.207. The number of carboxylic acid groups (broad SMARTS) is 1. The Morgan fingerprint density at radius 2 is 1.50 bits per heavy atom. The van der Waals surface area contributed by atoms with E-state index in [1.54, 1.807) is 36.4 Å². The van der Waals surface area contributed by atoms with E-state index in [4.69, 9.17) is 9.47 Å². The lowest BCUT2D eigenvalue weighted by Gasteiger charge is -2.24. The number of carbonyl (C=O) groups excluding carboxylic acids is 2. The first-order valence-electron chi connectivity index (χ1n) is 12.2. The van der Waals surface area contributed by atoms with E-state index < -0.39 is 23.1 Å². The summed E-state index contributed by atoms with van der Waals surface area (Å²) in [6, 6.07) is 21.9. The van der Waals surface area contributed by atoms with Crippen LogP contribution >= 0.6 is 11.8 Å². The number of amides is 2. The summed E-state index contributed by atoms with van der Waals surface area (Å²) in [5.74, 6) is -1.59. The van der Waals surface area contributed by atoms with Gasteiger partial charge in [0.05, 0.1) is 11.8 Å². The summed E-state index contributed by atoms with van der Waals surface area (Å²) in [4.78, 5) is 38.5. The highest BCUT2D eigenvalue weighted by Gasteiger charge is 2.34. The van der Waals surface area contributed by atoms with Crippen LogP contribution in [0.15, 0.2) is 89.8 Å². The van der Waals surface area contributed by atoms with Gasteiger partial charge in [-0.15, -0.1) is 11.8 Å². The van der Waals surface area contributed by atoms with Crippen molar-refractivity contribution in [3.8, 4) is 11.5 Å². The van der Waals surface area contributed by atoms with Gasteiger partial charge in [0, 0.05) is 22.3 Å². The maximum absolute atomic E-state index is 13.4. The van der Waals surface area contributed by atoms with Crippen molar-refractivity contribution in [3.05, 3.63) is 90.5 Å². The zero-order valence-corrected chi connectivity index (χ0v) is 21.1. The average Bonchev–Trinajstić information content (AvgIpc) is 3.41. The van der Waals surface area contributed by atoms with Crippen LogP contribution in [-0.2, 0) is 14.4 Å². The molecule has 3 atom stereocenters. The number of carbonyl (C=O) groups is 3. The topological polar surface area (TPSA) is 114 Å². The molecule has 3 aromatic carbocycles. The largest absolute Gasteiger partial charge is 0.481 e. The van der Waals surface area contributed by atoms with Gasteiger partial charge in [0.25, 0.3) is 0 Å². The van der Waals surface area contributed by atoms with Crippen LogP contribution in [0.1, 0.15) is 23.7 Å². The molecule has 1 aliphatic carbocycles. The van der Waals surface area contributed by atoms with Crippen LogP contribution in [0, 0.1) is 11.8 Å². The number of hydrogen-bond acceptors (Lipinski definition) is 6. The number of fused-ring (bicyclic) bond motifs is 1. The molecular weight excluding hydrogens is 504 g/mol. The van der Waals surface area contributed by atoms with Crippen molar-refractivity contribution in [2.45, 2.75) is 23.0 Å². The van der Waals surface area contributed by atoms with Gasteiger partial charge in [0.15, 0.2) is 11.5 Å². The number of allylic oxidation sites excluding steroid dienone is 2. The molecule has 38 heavy (non-hydrogen) atoms. The molecule has 2 amide bonds. The van der Waals surface area contributed by atoms with Gasteiger partial charge < -0.3 is 25.2 Å². The molecule has 0 radical (unpaired) electrons. The Balaban J connectivity index is 1.28. The number of benzene rings is 3. The Morgan fingerprint density at radius 3 is 2.24 bits per heavy atom. The van der Waals surface area contributed by atoms with E-state index in [1.807, 2.05) is 48.5 Å². The van der Waals surface area contributed by atoms with Crippen LogP contribution in [0.5, 0.6) is 11.5 Å². The van der Waals surface area contributed by atoms with E-state index in [0.29, 0.717) is 35.7 Å². The highest BCUT2D eigenvalue weighted by atomic mass is 32.2. The van der Waals surface area contributed by atoms with Gasteiger partial charge in [0.1, 0.15) is 5.25 Å². The average molecular weight is 531 g/mol. The molecule has 0 spiro atoms. The number of aliphatic carboxylic acids is 1. The molecule has 0 saturated heterocycles. The molecule has 3 unspecified atom stereocenters. The van der Waals surface area contributed by atoms with Gasteiger partial charge >= 0.3 is 5.97 Å². The van der Waals surface area contributed by atoms with Crippen molar-refractivity contribution in [1.82, 2.24) is 0 Å². The third-order valence-corrected chi connectivity index (χ3v) is 7.71. The Labute approximate surface area is 224 Å². The second kappa shape index (κ2) is 11.4. The minimum Gasteiger partial charge on any atom is -0.481 e. The molecular formula is C29H26N2O6S. The standard InChI is InChI=1S/C29H26N2O6S/c32-27(22-8-4-5-9-23(22)29(34)35)30-19-10-13-21(14-11-19)38-26(18-6-2-1-3-7-18)28(33)31-20-12-15-24-25(16-20)37-17-36-24/h1-7,10-16,22-23,26H,8-9,17H2,(H,30,32)(H,31,33)(H,34,35). The third kappa shape index (κ3) is 5.84. The number of hydrogen-bond donors (Lipinski definition) is 3. The quantitative estimate of drug-likeness (QED) is 0.261. The number of anilines is 2. The summed E-state index contributed by atoms with van der Waals surface area (Å²) in [5.41, 5.74) is 2.02. The fourth-order valence-corrected chi connectivity index (χ4v) is 5.47. The molecule has 9 heteroatoms. The second-order valence-corrected chi connectivity index (χ2v) is 10.2. The van der Waals surface area contributed by atoms with Crippen molar-refractivity contribution in [1.29, 1.82) is 0 Å². The lowest BCUT2D eigenvalue weighted by molar-refractivity contribution is -0.146. The molecule has 5 rings (SSSR count). The Bertz CT molecular complexity index is 1360. The van der Waals surface area contributed by atoms with E-state index in [1.165, 1.54) is 11.8 Å². The molecule has 3 N–H and O–H groups in total. The van der Waals surface area contributed by atoms with Gasteiger partial charge in [-0.05, 0) is 54.8 Å². The van der Waals surface area contributed by atoms with E-state index in [-0.39, 0.29) is 18.6 Å². The molecule has 194 valence electrons. The zero-order chi connectivity index (χ0) is 26.5. The predicted molar refractivity (Wildman–Crippen MR) is 144 cm³/mol. The predicted octanol–water partition coefficient (Wildman–Crippen LogP) is 5.49. The highest BCUT2D eigenvalue weighted by molar-refractivity contribution is 8.00. The number of carboxylic acids is 1. The monoisotopic (exact) mass is 530 g/mol. The van der Waals surface area contributed by atoms with Crippen LogP contribution in [0.25, 0.3) is 0 Å². The van der Waals surface area contributed by atoms with Crippen LogP contribution in [-0.4, -0.2) is 29.7 Å². The van der Waals surface area contributed by atoms with E-state index in [9.17, 15) is 19.5 Å². The zero-order valence-electron chi connectivity index (χ0n) is 20.3. The Hall–Kier alpha value is -4.24. The van der Waals surface area contributed by atoms with E-state index in [0.717, 1.165) is 10.5 Å². The van der Waals surface area contributed by atoms with Crippen molar-refractivity contribution < 1.29 is 29.0 Å². The fourth-order valence-electron chi connectivity index (χ4n) is 4.45. The maximum atomic E-state index is 13.4. The maximum Gasteiger partial charge on any atom is 0.307 e. The molecule has 8 nitrogen and oxygen atoms in total.